The van der Waals surface area contributed by atoms with Gasteiger partial charge in [0.25, 0.3) is 0 Å². The van der Waals surface area contributed by atoms with Crippen molar-refractivity contribution in [1.82, 2.24) is 20.2 Å². The van der Waals surface area contributed by atoms with Gasteiger partial charge in [-0.15, -0.1) is 10.2 Å². The lowest BCUT2D eigenvalue weighted by Crippen LogP contribution is -2.05. The minimum atomic E-state index is 0.0551. The van der Waals surface area contributed by atoms with Gasteiger partial charge >= 0.3 is 0 Å². The van der Waals surface area contributed by atoms with Crippen molar-refractivity contribution in [3.8, 4) is 0 Å². The number of aromatic nitrogens is 4. The van der Waals surface area contributed by atoms with Crippen LogP contribution in [-0.2, 0) is 13.0 Å². The van der Waals surface area contributed by atoms with E-state index in [1.54, 1.807) is 0 Å². The maximum Gasteiger partial charge on any atom is 0.174 e. The number of tetrazole rings is 1. The molecule has 0 amide bonds. The molecule has 1 N–H and O–H groups in total. The topological polar surface area (TPSA) is 63.8 Å². The number of hydrogen-bond acceptors (Lipinski definition) is 4. The van der Waals surface area contributed by atoms with Crippen molar-refractivity contribution in [3.05, 3.63) is 5.82 Å². The van der Waals surface area contributed by atoms with Gasteiger partial charge in [0.1, 0.15) is 0 Å². The van der Waals surface area contributed by atoms with E-state index in [1.165, 1.54) is 4.80 Å². The van der Waals surface area contributed by atoms with E-state index >= 15 is 0 Å². The van der Waals surface area contributed by atoms with E-state index in [4.69, 9.17) is 5.11 Å². The zero-order valence-corrected chi connectivity index (χ0v) is 5.86. The van der Waals surface area contributed by atoms with Crippen molar-refractivity contribution in [2.45, 2.75) is 19.9 Å². The molecule has 0 radical (unpaired) electrons. The number of hydrogen-bond donors (Lipinski definition) is 1. The molecule has 0 atom stereocenters. The molecule has 0 aromatic carbocycles. The molecule has 1 aromatic heterocycles. The van der Waals surface area contributed by atoms with Crippen molar-refractivity contribution in [1.29, 1.82) is 0 Å². The molecule has 0 spiro atoms. The van der Waals surface area contributed by atoms with E-state index in [2.05, 4.69) is 15.4 Å². The highest BCUT2D eigenvalue weighted by molar-refractivity contribution is 4.73. The highest BCUT2D eigenvalue weighted by Gasteiger charge is 1.96. The van der Waals surface area contributed by atoms with E-state index in [1.807, 2.05) is 6.92 Å². The summed E-state index contributed by atoms with van der Waals surface area (Å²) in [5.74, 6) is 0.716. The van der Waals surface area contributed by atoms with Gasteiger partial charge in [-0.1, -0.05) is 6.92 Å². The molecule has 10 heavy (non-hydrogen) atoms. The van der Waals surface area contributed by atoms with Crippen LogP contribution in [0, 0.1) is 0 Å². The lowest BCUT2D eigenvalue weighted by Gasteiger charge is -1.89. The third kappa shape index (κ3) is 1.51. The number of aliphatic hydroxyl groups excluding tert-OH is 1. The summed E-state index contributed by atoms with van der Waals surface area (Å²) in [6.07, 6.45) is 0.783. The van der Waals surface area contributed by atoms with Gasteiger partial charge in [0, 0.05) is 6.42 Å². The average Bonchev–Trinajstić information content (AvgIpc) is 2.37. The van der Waals surface area contributed by atoms with Crippen molar-refractivity contribution in [2.24, 2.45) is 0 Å². The minimum absolute atomic E-state index is 0.0551. The summed E-state index contributed by atoms with van der Waals surface area (Å²) in [6.45, 7) is 2.44. The third-order valence-corrected chi connectivity index (χ3v) is 1.11. The quantitative estimate of drug-likeness (QED) is 0.601. The summed E-state index contributed by atoms with van der Waals surface area (Å²) in [7, 11) is 0. The molecule has 1 heterocycles. The van der Waals surface area contributed by atoms with Gasteiger partial charge in [-0.3, -0.25) is 0 Å². The second-order valence-electron chi connectivity index (χ2n) is 1.88. The van der Waals surface area contributed by atoms with Crippen LogP contribution in [0.5, 0.6) is 0 Å². The number of rotatable bonds is 3. The van der Waals surface area contributed by atoms with Gasteiger partial charge in [-0.05, 0) is 5.21 Å². The monoisotopic (exact) mass is 142 g/mol. The number of nitrogens with zero attached hydrogens (tertiary/aromatic N) is 4. The molecule has 0 unspecified atom stereocenters. The molecular weight excluding hydrogens is 132 g/mol. The van der Waals surface area contributed by atoms with Gasteiger partial charge in [0.15, 0.2) is 5.82 Å². The highest BCUT2D eigenvalue weighted by atomic mass is 16.3. The zero-order chi connectivity index (χ0) is 7.40. The first-order valence-electron chi connectivity index (χ1n) is 3.24. The van der Waals surface area contributed by atoms with Crippen molar-refractivity contribution < 1.29 is 5.11 Å². The molecule has 0 aliphatic carbocycles. The maximum atomic E-state index is 8.47. The predicted octanol–water partition coefficient (Wildman–Crippen LogP) is -0.772. The molecule has 0 aliphatic rings. The third-order valence-electron chi connectivity index (χ3n) is 1.11. The molecule has 1 aromatic rings. The summed E-state index contributed by atoms with van der Waals surface area (Å²) >= 11 is 0. The Morgan fingerprint density at radius 3 is 2.90 bits per heavy atom. The van der Waals surface area contributed by atoms with Crippen LogP contribution in [0.2, 0.25) is 0 Å². The molecule has 1 rings (SSSR count). The fraction of sp³-hybridized carbons (Fsp3) is 0.800. The second-order valence-corrected chi connectivity index (χ2v) is 1.88. The van der Waals surface area contributed by atoms with Crippen molar-refractivity contribution in [3.63, 3.8) is 0 Å². The Hall–Kier alpha value is -0.970. The molecule has 56 valence electrons. The lowest BCUT2D eigenvalue weighted by molar-refractivity contribution is 0.259. The summed E-state index contributed by atoms with van der Waals surface area (Å²) in [5.41, 5.74) is 0. The Bertz CT molecular complexity index is 197. The van der Waals surface area contributed by atoms with Crippen molar-refractivity contribution >= 4 is 0 Å². The van der Waals surface area contributed by atoms with Crippen LogP contribution < -0.4 is 0 Å². The molecule has 0 saturated heterocycles. The maximum absolute atomic E-state index is 8.47. The fourth-order valence-corrected chi connectivity index (χ4v) is 0.602. The number of aliphatic hydroxyl groups is 1. The fourth-order valence-electron chi connectivity index (χ4n) is 0.602. The Kier molecular flexibility index (Phi) is 2.33. The first kappa shape index (κ1) is 7.14. The Morgan fingerprint density at radius 2 is 2.40 bits per heavy atom. The zero-order valence-electron chi connectivity index (χ0n) is 5.86. The molecule has 0 aliphatic heterocycles. The molecule has 5 nitrogen and oxygen atoms in total. The van der Waals surface area contributed by atoms with Crippen LogP contribution in [0.4, 0.5) is 0 Å². The SMILES string of the molecule is CCc1nnn(CCO)n1. The number of aryl methyl sites for hydroxylation is 1. The minimum Gasteiger partial charge on any atom is -0.394 e. The van der Waals surface area contributed by atoms with Crippen LogP contribution in [-0.4, -0.2) is 31.9 Å². The highest BCUT2D eigenvalue weighted by Crippen LogP contribution is 1.85. The second kappa shape index (κ2) is 3.26. The van der Waals surface area contributed by atoms with Gasteiger partial charge in [0.2, 0.25) is 0 Å². The van der Waals surface area contributed by atoms with Crippen LogP contribution in [0.1, 0.15) is 12.7 Å². The largest absolute Gasteiger partial charge is 0.394 e. The molecule has 0 fully saturated rings. The summed E-state index contributed by atoms with van der Waals surface area (Å²) in [5, 5.41) is 19.8. The lowest BCUT2D eigenvalue weighted by atomic mass is 10.5. The van der Waals surface area contributed by atoms with Crippen LogP contribution in [0.3, 0.4) is 0 Å². The van der Waals surface area contributed by atoms with Crippen LogP contribution in [0.15, 0.2) is 0 Å². The summed E-state index contributed by atoms with van der Waals surface area (Å²) in [4.78, 5) is 1.39. The van der Waals surface area contributed by atoms with Crippen molar-refractivity contribution in [2.75, 3.05) is 6.61 Å². The summed E-state index contributed by atoms with van der Waals surface area (Å²) in [6, 6.07) is 0. The molecule has 0 saturated carbocycles. The van der Waals surface area contributed by atoms with E-state index in [0.717, 1.165) is 6.42 Å². The standard InChI is InChI=1S/C5H10N4O/c1-2-5-6-8-9(7-5)3-4-10/h10H,2-4H2,1H3. The van der Waals surface area contributed by atoms with Gasteiger partial charge < -0.3 is 5.11 Å². The summed E-state index contributed by atoms with van der Waals surface area (Å²) < 4.78 is 0. The molecule has 5 heteroatoms. The van der Waals surface area contributed by atoms with Crippen LogP contribution >= 0.6 is 0 Å². The van der Waals surface area contributed by atoms with E-state index in [0.29, 0.717) is 12.4 Å². The normalized spacial score (nSPS) is 10.2. The molecule has 0 bridgehead atoms. The first-order valence-corrected chi connectivity index (χ1v) is 3.24. The van der Waals surface area contributed by atoms with E-state index in [-0.39, 0.29) is 6.61 Å². The van der Waals surface area contributed by atoms with Gasteiger partial charge in [-0.25, -0.2) is 0 Å². The van der Waals surface area contributed by atoms with Crippen LogP contribution in [0.25, 0.3) is 0 Å². The first-order chi connectivity index (χ1) is 4.86. The smallest absolute Gasteiger partial charge is 0.174 e. The Labute approximate surface area is 58.7 Å². The predicted molar refractivity (Wildman–Crippen MR) is 34.3 cm³/mol. The Balaban J connectivity index is 2.59. The average molecular weight is 142 g/mol. The van der Waals surface area contributed by atoms with Gasteiger partial charge in [0.05, 0.1) is 13.2 Å². The van der Waals surface area contributed by atoms with Gasteiger partial charge in [-0.2, -0.15) is 4.80 Å². The van der Waals surface area contributed by atoms with E-state index in [9.17, 15) is 0 Å². The van der Waals surface area contributed by atoms with E-state index < -0.39 is 0 Å². The molecular formula is C5H10N4O. The Morgan fingerprint density at radius 1 is 1.60 bits per heavy atom.